The van der Waals surface area contributed by atoms with Crippen molar-refractivity contribution < 1.29 is 23.0 Å². The van der Waals surface area contributed by atoms with E-state index in [2.05, 4.69) is 9.97 Å². The second-order valence-corrected chi connectivity index (χ2v) is 7.50. The molecule has 0 N–H and O–H groups in total. The van der Waals surface area contributed by atoms with Crippen LogP contribution in [-0.2, 0) is 14.3 Å². The lowest BCUT2D eigenvalue weighted by Crippen LogP contribution is -2.37. The Morgan fingerprint density at radius 2 is 2.00 bits per heavy atom. The van der Waals surface area contributed by atoms with E-state index in [1.807, 2.05) is 31.2 Å². The molecule has 136 valence electrons. The number of nitrogens with zero attached hydrogens (tertiary/aromatic N) is 2. The second-order valence-electron chi connectivity index (χ2n) is 6.29. The molecule has 2 saturated heterocycles. The highest BCUT2D eigenvalue weighted by Crippen LogP contribution is 2.36. The normalized spacial score (nSPS) is 25.1. The number of thioether (sulfide) groups is 1. The number of rotatable bonds is 4. The average Bonchev–Trinajstić information content (AvgIpc) is 3.06. The highest BCUT2D eigenvalue weighted by atomic mass is 32.2. The number of alkyl halides is 2. The maximum absolute atomic E-state index is 13.3. The van der Waals surface area contributed by atoms with Crippen LogP contribution in [0.1, 0.15) is 24.1 Å². The summed E-state index contributed by atoms with van der Waals surface area (Å²) in [5, 5.41) is -0.0369. The van der Waals surface area contributed by atoms with E-state index in [1.165, 1.54) is 17.8 Å². The van der Waals surface area contributed by atoms with Crippen molar-refractivity contribution in [3.63, 3.8) is 0 Å². The number of benzene rings is 1. The lowest BCUT2D eigenvalue weighted by atomic mass is 10.1. The first kappa shape index (κ1) is 17.5. The predicted octanol–water partition coefficient (Wildman–Crippen LogP) is 3.56. The van der Waals surface area contributed by atoms with Gasteiger partial charge in [0, 0.05) is 17.2 Å². The second kappa shape index (κ2) is 7.02. The SMILES string of the molecule is Cc1ccc(-c2cc(C(F)F)nc(S[C@@H]3CC(=O)[C@@H]4OC[C@@H]3O4)n2)cc1. The van der Waals surface area contributed by atoms with Crippen LogP contribution in [0.5, 0.6) is 0 Å². The maximum atomic E-state index is 13.3. The lowest BCUT2D eigenvalue weighted by molar-refractivity contribution is -0.151. The van der Waals surface area contributed by atoms with Gasteiger partial charge in [-0.05, 0) is 13.0 Å². The van der Waals surface area contributed by atoms with Crippen molar-refractivity contribution in [1.82, 2.24) is 9.97 Å². The largest absolute Gasteiger partial charge is 0.343 e. The van der Waals surface area contributed by atoms with Crippen molar-refractivity contribution in [1.29, 1.82) is 0 Å². The van der Waals surface area contributed by atoms with Crippen LogP contribution in [0.15, 0.2) is 35.5 Å². The van der Waals surface area contributed by atoms with E-state index >= 15 is 0 Å². The fourth-order valence-electron chi connectivity index (χ4n) is 2.94. The fourth-order valence-corrected chi connectivity index (χ4v) is 4.06. The first-order valence-electron chi connectivity index (χ1n) is 8.20. The van der Waals surface area contributed by atoms with Crippen LogP contribution >= 0.6 is 11.8 Å². The molecule has 0 spiro atoms. The van der Waals surface area contributed by atoms with Crippen molar-refractivity contribution in [2.45, 2.75) is 42.6 Å². The third-order valence-electron chi connectivity index (χ3n) is 4.34. The molecule has 4 rings (SSSR count). The highest BCUT2D eigenvalue weighted by Gasteiger charge is 2.44. The number of ketones is 1. The van der Waals surface area contributed by atoms with Gasteiger partial charge in [-0.1, -0.05) is 41.6 Å². The van der Waals surface area contributed by atoms with Gasteiger partial charge in [0.2, 0.25) is 6.29 Å². The Balaban J connectivity index is 1.65. The lowest BCUT2D eigenvalue weighted by Gasteiger charge is -2.25. The number of carbonyl (C=O) groups excluding carboxylic acids is 1. The Morgan fingerprint density at radius 1 is 1.23 bits per heavy atom. The van der Waals surface area contributed by atoms with E-state index in [1.54, 1.807) is 0 Å². The van der Waals surface area contributed by atoms with Crippen LogP contribution in [0.4, 0.5) is 8.78 Å². The van der Waals surface area contributed by atoms with E-state index in [0.717, 1.165) is 11.1 Å². The summed E-state index contributed by atoms with van der Waals surface area (Å²) in [7, 11) is 0. The molecule has 2 aliphatic heterocycles. The summed E-state index contributed by atoms with van der Waals surface area (Å²) >= 11 is 1.19. The molecule has 8 heteroatoms. The Bertz CT molecular complexity index is 832. The van der Waals surface area contributed by atoms with Gasteiger partial charge >= 0.3 is 0 Å². The third-order valence-corrected chi connectivity index (χ3v) is 5.51. The van der Waals surface area contributed by atoms with E-state index in [0.29, 0.717) is 12.3 Å². The van der Waals surface area contributed by atoms with Gasteiger partial charge in [0.05, 0.1) is 18.4 Å². The van der Waals surface area contributed by atoms with Gasteiger partial charge < -0.3 is 9.47 Å². The zero-order valence-corrected chi connectivity index (χ0v) is 14.7. The fraction of sp³-hybridized carbons (Fsp3) is 0.389. The summed E-state index contributed by atoms with van der Waals surface area (Å²) < 4.78 is 37.4. The number of aryl methyl sites for hydroxylation is 1. The van der Waals surface area contributed by atoms with Crippen molar-refractivity contribution in [3.05, 3.63) is 41.6 Å². The maximum Gasteiger partial charge on any atom is 0.280 e. The number of ether oxygens (including phenoxy) is 2. The number of carbonyl (C=O) groups is 1. The first-order valence-corrected chi connectivity index (χ1v) is 9.08. The molecular formula is C18H16F2N2O3S. The minimum Gasteiger partial charge on any atom is -0.343 e. The Kier molecular flexibility index (Phi) is 4.73. The Labute approximate surface area is 153 Å². The molecule has 0 aliphatic carbocycles. The van der Waals surface area contributed by atoms with Gasteiger partial charge in [0.25, 0.3) is 6.43 Å². The predicted molar refractivity (Wildman–Crippen MR) is 91.0 cm³/mol. The third kappa shape index (κ3) is 3.49. The summed E-state index contributed by atoms with van der Waals surface area (Å²) in [5.41, 5.74) is 1.91. The summed E-state index contributed by atoms with van der Waals surface area (Å²) in [5.74, 6) is -0.139. The van der Waals surface area contributed by atoms with Gasteiger partial charge in [-0.3, -0.25) is 4.79 Å². The molecule has 2 bridgehead atoms. The van der Waals surface area contributed by atoms with E-state index in [4.69, 9.17) is 9.47 Å². The van der Waals surface area contributed by atoms with Gasteiger partial charge in [-0.2, -0.15) is 0 Å². The highest BCUT2D eigenvalue weighted by molar-refractivity contribution is 7.99. The molecule has 2 aromatic rings. The summed E-state index contributed by atoms with van der Waals surface area (Å²) in [4.78, 5) is 20.3. The van der Waals surface area contributed by atoms with Gasteiger partial charge in [0.15, 0.2) is 10.9 Å². The van der Waals surface area contributed by atoms with E-state index in [-0.39, 0.29) is 34.4 Å². The molecule has 3 atom stereocenters. The number of fused-ring (bicyclic) bond motifs is 2. The van der Waals surface area contributed by atoms with Gasteiger partial charge in [-0.25, -0.2) is 18.7 Å². The van der Waals surface area contributed by atoms with Gasteiger partial charge in [-0.15, -0.1) is 0 Å². The topological polar surface area (TPSA) is 61.3 Å². The molecule has 0 amide bonds. The number of hydrogen-bond donors (Lipinski definition) is 0. The molecule has 0 saturated carbocycles. The van der Waals surface area contributed by atoms with Crippen LogP contribution in [-0.4, -0.2) is 40.0 Å². The summed E-state index contributed by atoms with van der Waals surface area (Å²) in [6.07, 6.45) is -3.50. The van der Waals surface area contributed by atoms with Crippen molar-refractivity contribution in [2.75, 3.05) is 6.61 Å². The molecule has 5 nitrogen and oxygen atoms in total. The summed E-state index contributed by atoms with van der Waals surface area (Å²) in [6.45, 7) is 2.26. The van der Waals surface area contributed by atoms with Crippen LogP contribution in [0.3, 0.4) is 0 Å². The number of Topliss-reactive ketones (excluding diaryl/α,β-unsaturated/α-hetero) is 1. The monoisotopic (exact) mass is 378 g/mol. The standard InChI is InChI=1S/C18H16F2N2O3S/c1-9-2-4-10(5-3-9)11-6-12(16(19)20)22-18(21-11)26-15-7-13(23)17-24-8-14(15)25-17/h2-6,14-17H,7-8H2,1H3/t14-,15+,17+/m0/s1. The Morgan fingerprint density at radius 3 is 2.73 bits per heavy atom. The molecule has 0 radical (unpaired) electrons. The van der Waals surface area contributed by atoms with Crippen molar-refractivity contribution in [3.8, 4) is 11.3 Å². The van der Waals surface area contributed by atoms with Gasteiger partial charge in [0.1, 0.15) is 5.69 Å². The average molecular weight is 378 g/mol. The quantitative estimate of drug-likeness (QED) is 0.758. The zero-order chi connectivity index (χ0) is 18.3. The Hall–Kier alpha value is -1.90. The smallest absolute Gasteiger partial charge is 0.280 e. The van der Waals surface area contributed by atoms with Crippen molar-refractivity contribution in [2.24, 2.45) is 0 Å². The molecule has 3 heterocycles. The van der Waals surface area contributed by atoms with Crippen molar-refractivity contribution >= 4 is 17.5 Å². The zero-order valence-electron chi connectivity index (χ0n) is 13.9. The molecule has 1 aromatic heterocycles. The van der Waals surface area contributed by atoms with E-state index in [9.17, 15) is 13.6 Å². The minimum atomic E-state index is -2.70. The molecule has 26 heavy (non-hydrogen) atoms. The number of hydrogen-bond acceptors (Lipinski definition) is 6. The molecular weight excluding hydrogens is 362 g/mol. The summed E-state index contributed by atoms with van der Waals surface area (Å²) in [6, 6.07) is 8.77. The van der Waals surface area contributed by atoms with Crippen LogP contribution in [0, 0.1) is 6.92 Å². The molecule has 2 fully saturated rings. The number of halogens is 2. The molecule has 1 aromatic carbocycles. The molecule has 0 unspecified atom stereocenters. The first-order chi connectivity index (χ1) is 12.5. The minimum absolute atomic E-state index is 0.139. The van der Waals surface area contributed by atoms with E-state index < -0.39 is 12.7 Å². The number of aromatic nitrogens is 2. The van der Waals surface area contributed by atoms with Crippen LogP contribution in [0.2, 0.25) is 0 Å². The van der Waals surface area contributed by atoms with Crippen LogP contribution in [0.25, 0.3) is 11.3 Å². The molecule has 2 aliphatic rings. The van der Waals surface area contributed by atoms with Crippen LogP contribution < -0.4 is 0 Å².